The molecule has 4 nitrogen and oxygen atoms in total. The number of benzene rings is 3. The van der Waals surface area contributed by atoms with Gasteiger partial charge in [-0.2, -0.15) is 0 Å². The van der Waals surface area contributed by atoms with Gasteiger partial charge in [-0.15, -0.1) is 0 Å². The molecule has 0 aliphatic heterocycles. The van der Waals surface area contributed by atoms with Crippen LogP contribution in [-0.2, 0) is 11.3 Å². The number of aliphatic hydroxyl groups excluding tert-OH is 1. The zero-order valence-electron chi connectivity index (χ0n) is 15.0. The standard InChI is InChI=1S/C23H23NO3/c25-16-21(24-23(26)27-17-18-10-4-1-5-11-18)22(19-12-6-2-7-13-19)20-14-8-3-9-15-20/h1-15,21-22,25H,16-17H2,(H,24,26). The van der Waals surface area contributed by atoms with Crippen molar-refractivity contribution in [2.75, 3.05) is 6.61 Å². The summed E-state index contributed by atoms with van der Waals surface area (Å²) in [4.78, 5) is 12.3. The smallest absolute Gasteiger partial charge is 0.407 e. The first-order chi connectivity index (χ1) is 13.3. The van der Waals surface area contributed by atoms with Crippen LogP contribution in [-0.4, -0.2) is 23.8 Å². The molecule has 27 heavy (non-hydrogen) atoms. The van der Waals surface area contributed by atoms with Gasteiger partial charge < -0.3 is 15.2 Å². The third kappa shape index (κ3) is 5.19. The second kappa shape index (κ2) is 9.55. The zero-order chi connectivity index (χ0) is 18.9. The second-order valence-corrected chi connectivity index (χ2v) is 6.29. The lowest BCUT2D eigenvalue weighted by Crippen LogP contribution is -2.42. The summed E-state index contributed by atoms with van der Waals surface area (Å²) >= 11 is 0. The lowest BCUT2D eigenvalue weighted by molar-refractivity contribution is 0.127. The first kappa shape index (κ1) is 18.7. The number of carbonyl (C=O) groups excluding carboxylic acids is 1. The van der Waals surface area contributed by atoms with Crippen LogP contribution in [0.1, 0.15) is 22.6 Å². The third-order valence-corrected chi connectivity index (χ3v) is 4.43. The molecule has 0 aromatic heterocycles. The van der Waals surface area contributed by atoms with E-state index in [9.17, 15) is 9.90 Å². The van der Waals surface area contributed by atoms with Gasteiger partial charge in [0.25, 0.3) is 0 Å². The molecule has 0 heterocycles. The minimum atomic E-state index is -0.547. The summed E-state index contributed by atoms with van der Waals surface area (Å²) in [6, 6.07) is 28.7. The van der Waals surface area contributed by atoms with Crippen molar-refractivity contribution in [1.82, 2.24) is 5.32 Å². The Labute approximate surface area is 159 Å². The van der Waals surface area contributed by atoms with Crippen LogP contribution in [0.4, 0.5) is 4.79 Å². The van der Waals surface area contributed by atoms with Crippen molar-refractivity contribution in [2.24, 2.45) is 0 Å². The molecule has 0 aliphatic rings. The fourth-order valence-corrected chi connectivity index (χ4v) is 3.13. The number of hydrogen-bond donors (Lipinski definition) is 2. The summed E-state index contributed by atoms with van der Waals surface area (Å²) in [6.45, 7) is -0.0128. The van der Waals surface area contributed by atoms with E-state index in [1.165, 1.54) is 0 Å². The van der Waals surface area contributed by atoms with Gasteiger partial charge in [0.15, 0.2) is 0 Å². The Kier molecular flexibility index (Phi) is 6.61. The maximum atomic E-state index is 12.3. The molecule has 0 bridgehead atoms. The summed E-state index contributed by atoms with van der Waals surface area (Å²) < 4.78 is 5.32. The van der Waals surface area contributed by atoms with Crippen LogP contribution >= 0.6 is 0 Å². The molecule has 3 rings (SSSR count). The molecule has 4 heteroatoms. The summed E-state index contributed by atoms with van der Waals surface area (Å²) in [7, 11) is 0. The molecule has 0 radical (unpaired) electrons. The van der Waals surface area contributed by atoms with E-state index >= 15 is 0 Å². The maximum Gasteiger partial charge on any atom is 0.407 e. The van der Waals surface area contributed by atoms with Crippen LogP contribution in [0.2, 0.25) is 0 Å². The molecule has 1 atom stereocenters. The average molecular weight is 361 g/mol. The predicted octanol–water partition coefficient (Wildman–Crippen LogP) is 4.11. The molecule has 0 spiro atoms. The minimum absolute atomic E-state index is 0.179. The Hall–Kier alpha value is -3.11. The molecule has 138 valence electrons. The van der Waals surface area contributed by atoms with Crippen molar-refractivity contribution in [3.8, 4) is 0 Å². The van der Waals surface area contributed by atoms with E-state index in [1.807, 2.05) is 91.0 Å². The highest BCUT2D eigenvalue weighted by Gasteiger charge is 2.26. The van der Waals surface area contributed by atoms with Crippen LogP contribution in [0.15, 0.2) is 91.0 Å². The van der Waals surface area contributed by atoms with Gasteiger partial charge in [0.2, 0.25) is 0 Å². The summed E-state index contributed by atoms with van der Waals surface area (Å²) in [6.07, 6.45) is -0.547. The van der Waals surface area contributed by atoms with Crippen molar-refractivity contribution < 1.29 is 14.6 Å². The Balaban J connectivity index is 1.74. The number of rotatable bonds is 7. The first-order valence-corrected chi connectivity index (χ1v) is 8.96. The van der Waals surface area contributed by atoms with Crippen LogP contribution in [0.5, 0.6) is 0 Å². The van der Waals surface area contributed by atoms with Crippen LogP contribution < -0.4 is 5.32 Å². The Bertz CT molecular complexity index is 783. The van der Waals surface area contributed by atoms with E-state index in [2.05, 4.69) is 5.32 Å². The van der Waals surface area contributed by atoms with Crippen molar-refractivity contribution in [2.45, 2.75) is 18.6 Å². The molecule has 3 aromatic rings. The number of carbonyl (C=O) groups is 1. The molecule has 3 aromatic carbocycles. The van der Waals surface area contributed by atoms with E-state index in [0.29, 0.717) is 0 Å². The Morgan fingerprint density at radius 1 is 0.815 bits per heavy atom. The summed E-state index contributed by atoms with van der Waals surface area (Å²) in [5.41, 5.74) is 2.95. The minimum Gasteiger partial charge on any atom is -0.445 e. The lowest BCUT2D eigenvalue weighted by atomic mass is 9.85. The SMILES string of the molecule is O=C(NC(CO)C(c1ccccc1)c1ccccc1)OCc1ccccc1. The highest BCUT2D eigenvalue weighted by molar-refractivity contribution is 5.68. The van der Waals surface area contributed by atoms with Crippen molar-refractivity contribution in [1.29, 1.82) is 0 Å². The van der Waals surface area contributed by atoms with Gasteiger partial charge in [0.05, 0.1) is 12.6 Å². The number of amides is 1. The molecule has 0 aliphatic carbocycles. The van der Waals surface area contributed by atoms with Crippen molar-refractivity contribution >= 4 is 6.09 Å². The maximum absolute atomic E-state index is 12.3. The molecule has 1 unspecified atom stereocenters. The van der Waals surface area contributed by atoms with Crippen molar-refractivity contribution in [3.63, 3.8) is 0 Å². The van der Waals surface area contributed by atoms with E-state index in [-0.39, 0.29) is 19.1 Å². The van der Waals surface area contributed by atoms with E-state index in [1.54, 1.807) is 0 Å². The van der Waals surface area contributed by atoms with Gasteiger partial charge in [0, 0.05) is 5.92 Å². The Morgan fingerprint density at radius 2 is 1.30 bits per heavy atom. The fraction of sp³-hybridized carbons (Fsp3) is 0.174. The summed E-state index contributed by atoms with van der Waals surface area (Å²) in [5.74, 6) is -0.179. The first-order valence-electron chi connectivity index (χ1n) is 8.96. The molecular formula is C23H23NO3. The quantitative estimate of drug-likeness (QED) is 0.666. The largest absolute Gasteiger partial charge is 0.445 e. The molecule has 2 N–H and O–H groups in total. The number of nitrogens with one attached hydrogen (secondary N) is 1. The van der Waals surface area contributed by atoms with Crippen LogP contribution in [0.25, 0.3) is 0 Å². The summed E-state index contributed by atoms with van der Waals surface area (Å²) in [5, 5.41) is 12.8. The highest BCUT2D eigenvalue weighted by atomic mass is 16.5. The van der Waals surface area contributed by atoms with E-state index < -0.39 is 12.1 Å². The Morgan fingerprint density at radius 3 is 1.78 bits per heavy atom. The van der Waals surface area contributed by atoms with Gasteiger partial charge in [-0.25, -0.2) is 4.79 Å². The zero-order valence-corrected chi connectivity index (χ0v) is 15.0. The number of ether oxygens (including phenoxy) is 1. The second-order valence-electron chi connectivity index (χ2n) is 6.29. The topological polar surface area (TPSA) is 58.6 Å². The fourth-order valence-electron chi connectivity index (χ4n) is 3.13. The molecule has 0 saturated heterocycles. The molecule has 1 amide bonds. The number of hydrogen-bond acceptors (Lipinski definition) is 3. The third-order valence-electron chi connectivity index (χ3n) is 4.43. The van der Waals surface area contributed by atoms with Crippen LogP contribution in [0, 0.1) is 0 Å². The average Bonchev–Trinajstić information content (AvgIpc) is 2.74. The van der Waals surface area contributed by atoms with Gasteiger partial charge in [0.1, 0.15) is 6.61 Å². The van der Waals surface area contributed by atoms with Gasteiger partial charge in [-0.3, -0.25) is 0 Å². The lowest BCUT2D eigenvalue weighted by Gasteiger charge is -2.27. The normalized spacial score (nSPS) is 11.8. The highest BCUT2D eigenvalue weighted by Crippen LogP contribution is 2.28. The molecular weight excluding hydrogens is 338 g/mol. The van der Waals surface area contributed by atoms with Gasteiger partial charge in [-0.05, 0) is 16.7 Å². The van der Waals surface area contributed by atoms with Gasteiger partial charge >= 0.3 is 6.09 Å². The van der Waals surface area contributed by atoms with Crippen molar-refractivity contribution in [3.05, 3.63) is 108 Å². The number of alkyl carbamates (subject to hydrolysis) is 1. The predicted molar refractivity (Wildman–Crippen MR) is 105 cm³/mol. The molecule has 0 saturated carbocycles. The van der Waals surface area contributed by atoms with Crippen LogP contribution in [0.3, 0.4) is 0 Å². The number of aliphatic hydroxyl groups is 1. The van der Waals surface area contributed by atoms with Gasteiger partial charge in [-0.1, -0.05) is 91.0 Å². The molecule has 0 fully saturated rings. The van der Waals surface area contributed by atoms with E-state index in [0.717, 1.165) is 16.7 Å². The van der Waals surface area contributed by atoms with E-state index in [4.69, 9.17) is 4.74 Å². The monoisotopic (exact) mass is 361 g/mol.